The summed E-state index contributed by atoms with van der Waals surface area (Å²) in [6, 6.07) is 9.21. The van der Waals surface area contributed by atoms with Gasteiger partial charge in [-0.05, 0) is 74.9 Å². The first kappa shape index (κ1) is 23.2. The number of carbonyl (C=O) groups excluding carboxylic acids is 1. The second-order valence-electron chi connectivity index (χ2n) is 9.36. The van der Waals surface area contributed by atoms with Crippen molar-refractivity contribution < 1.29 is 22.8 Å². The van der Waals surface area contributed by atoms with Crippen molar-refractivity contribution in [2.45, 2.75) is 51.9 Å². The number of pyridine rings is 1. The SMILES string of the molecule is COC(=O)c1ccc(-n2cc(CC3CCC(F)(F)CC3)c3cc(-c4c(C)noc4C)cnc32)cc1. The summed E-state index contributed by atoms with van der Waals surface area (Å²) in [5.74, 6) is -2.04. The number of halogens is 2. The Hall–Kier alpha value is -3.55. The van der Waals surface area contributed by atoms with Crippen LogP contribution in [0.1, 0.15) is 53.1 Å². The van der Waals surface area contributed by atoms with E-state index in [1.54, 1.807) is 18.3 Å². The van der Waals surface area contributed by atoms with Crippen LogP contribution in [0.25, 0.3) is 27.8 Å². The van der Waals surface area contributed by atoms with Crippen LogP contribution in [0.4, 0.5) is 8.78 Å². The Morgan fingerprint density at radius 1 is 1.20 bits per heavy atom. The van der Waals surface area contributed by atoms with E-state index in [0.29, 0.717) is 24.8 Å². The number of esters is 1. The summed E-state index contributed by atoms with van der Waals surface area (Å²) in [7, 11) is 1.35. The molecule has 0 unspecified atom stereocenters. The number of hydrogen-bond donors (Lipinski definition) is 0. The van der Waals surface area contributed by atoms with Gasteiger partial charge in [0.2, 0.25) is 5.92 Å². The van der Waals surface area contributed by atoms with E-state index in [-0.39, 0.29) is 18.8 Å². The van der Waals surface area contributed by atoms with Crippen LogP contribution in [-0.2, 0) is 11.2 Å². The minimum Gasteiger partial charge on any atom is -0.465 e. The topological polar surface area (TPSA) is 70.2 Å². The van der Waals surface area contributed by atoms with Gasteiger partial charge in [0.15, 0.2) is 0 Å². The van der Waals surface area contributed by atoms with Crippen molar-refractivity contribution in [1.82, 2.24) is 14.7 Å². The Labute approximate surface area is 201 Å². The molecule has 182 valence electrons. The maximum Gasteiger partial charge on any atom is 0.337 e. The van der Waals surface area contributed by atoms with Crippen molar-refractivity contribution in [3.8, 4) is 16.8 Å². The summed E-state index contributed by atoms with van der Waals surface area (Å²) >= 11 is 0. The predicted octanol–water partition coefficient (Wildman–Crippen LogP) is 6.45. The molecule has 8 heteroatoms. The fraction of sp³-hybridized carbons (Fsp3) is 0.370. The number of methoxy groups -OCH3 is 1. The van der Waals surface area contributed by atoms with Crippen LogP contribution in [0.3, 0.4) is 0 Å². The van der Waals surface area contributed by atoms with Crippen molar-refractivity contribution in [2.24, 2.45) is 5.92 Å². The first-order chi connectivity index (χ1) is 16.8. The largest absolute Gasteiger partial charge is 0.465 e. The molecule has 35 heavy (non-hydrogen) atoms. The molecule has 0 atom stereocenters. The van der Waals surface area contributed by atoms with Crippen LogP contribution in [0, 0.1) is 19.8 Å². The molecule has 3 aromatic heterocycles. The summed E-state index contributed by atoms with van der Waals surface area (Å²) in [5.41, 5.74) is 5.75. The molecular formula is C27H27F2N3O3. The molecule has 6 nitrogen and oxygen atoms in total. The number of hydrogen-bond acceptors (Lipinski definition) is 5. The first-order valence-electron chi connectivity index (χ1n) is 11.8. The van der Waals surface area contributed by atoms with Gasteiger partial charge in [-0.3, -0.25) is 0 Å². The molecule has 0 bridgehead atoms. The van der Waals surface area contributed by atoms with Crippen LogP contribution in [-0.4, -0.2) is 33.7 Å². The summed E-state index contributed by atoms with van der Waals surface area (Å²) < 4.78 is 39.6. The zero-order valence-corrected chi connectivity index (χ0v) is 20.0. The molecule has 0 radical (unpaired) electrons. The third kappa shape index (κ3) is 4.45. The quantitative estimate of drug-likeness (QED) is 0.308. The average Bonchev–Trinajstić information content (AvgIpc) is 3.38. The number of aryl methyl sites for hydroxylation is 2. The van der Waals surface area contributed by atoms with Crippen LogP contribution >= 0.6 is 0 Å². The molecule has 1 fully saturated rings. The van der Waals surface area contributed by atoms with E-state index in [1.807, 2.05) is 36.7 Å². The van der Waals surface area contributed by atoms with E-state index in [2.05, 4.69) is 11.2 Å². The van der Waals surface area contributed by atoms with Crippen molar-refractivity contribution >= 4 is 17.0 Å². The number of benzene rings is 1. The summed E-state index contributed by atoms with van der Waals surface area (Å²) in [6.07, 6.45) is 5.43. The van der Waals surface area contributed by atoms with E-state index >= 15 is 0 Å². The van der Waals surface area contributed by atoms with Gasteiger partial charge in [0.05, 0.1) is 18.4 Å². The summed E-state index contributed by atoms with van der Waals surface area (Å²) in [5, 5.41) is 5.04. The molecule has 5 rings (SSSR count). The Bertz CT molecular complexity index is 1360. The zero-order valence-electron chi connectivity index (χ0n) is 20.0. The van der Waals surface area contributed by atoms with Gasteiger partial charge in [-0.15, -0.1) is 0 Å². The third-order valence-corrected chi connectivity index (χ3v) is 6.96. The minimum absolute atomic E-state index is 0.0616. The third-order valence-electron chi connectivity index (χ3n) is 6.96. The molecular weight excluding hydrogens is 452 g/mol. The Morgan fingerprint density at radius 2 is 1.91 bits per heavy atom. The average molecular weight is 480 g/mol. The van der Waals surface area contributed by atoms with E-state index in [4.69, 9.17) is 14.2 Å². The van der Waals surface area contributed by atoms with Crippen molar-refractivity contribution in [3.05, 3.63) is 65.3 Å². The van der Waals surface area contributed by atoms with Crippen LogP contribution in [0.15, 0.2) is 47.2 Å². The first-order valence-corrected chi connectivity index (χ1v) is 11.8. The lowest BCUT2D eigenvalue weighted by Gasteiger charge is -2.28. The number of nitrogens with zero attached hydrogens (tertiary/aromatic N) is 3. The Balaban J connectivity index is 1.58. The molecule has 1 aromatic carbocycles. The molecule has 1 saturated carbocycles. The highest BCUT2D eigenvalue weighted by Gasteiger charge is 2.35. The van der Waals surface area contributed by atoms with Gasteiger partial charge in [0.1, 0.15) is 11.4 Å². The number of ether oxygens (including phenoxy) is 1. The van der Waals surface area contributed by atoms with Gasteiger partial charge >= 0.3 is 5.97 Å². The highest BCUT2D eigenvalue weighted by atomic mass is 19.3. The summed E-state index contributed by atoms with van der Waals surface area (Å²) in [6.45, 7) is 3.77. The number of alkyl halides is 2. The van der Waals surface area contributed by atoms with Gasteiger partial charge in [-0.25, -0.2) is 18.6 Å². The maximum absolute atomic E-state index is 13.7. The Morgan fingerprint density at radius 3 is 2.54 bits per heavy atom. The second kappa shape index (κ2) is 8.91. The lowest BCUT2D eigenvalue weighted by Crippen LogP contribution is -2.25. The van der Waals surface area contributed by atoms with Crippen LogP contribution < -0.4 is 0 Å². The zero-order chi connectivity index (χ0) is 24.7. The molecule has 1 aliphatic carbocycles. The fourth-order valence-electron chi connectivity index (χ4n) is 5.05. The second-order valence-corrected chi connectivity index (χ2v) is 9.36. The molecule has 4 aromatic rings. The molecule has 1 aliphatic rings. The molecule has 0 saturated heterocycles. The number of fused-ring (bicyclic) bond motifs is 1. The van der Waals surface area contributed by atoms with Crippen molar-refractivity contribution in [2.75, 3.05) is 7.11 Å². The number of aromatic nitrogens is 3. The molecule has 0 aliphatic heterocycles. The Kier molecular flexibility index (Phi) is 5.91. The normalized spacial score (nSPS) is 16.0. The van der Waals surface area contributed by atoms with E-state index < -0.39 is 11.9 Å². The number of carbonyl (C=O) groups is 1. The molecule has 0 spiro atoms. The summed E-state index contributed by atoms with van der Waals surface area (Å²) in [4.78, 5) is 16.6. The molecule has 0 N–H and O–H groups in total. The number of rotatable bonds is 5. The van der Waals surface area contributed by atoms with Gasteiger partial charge in [-0.2, -0.15) is 0 Å². The monoisotopic (exact) mass is 479 g/mol. The standard InChI is InChI=1S/C27H27F2N3O3/c1-16-24(17(2)35-31-16)20-13-23-21(12-18-8-10-27(28,29)11-9-18)15-32(25(23)30-14-20)22-6-4-19(5-7-22)26(33)34-3/h4-7,13-15,18H,8-12H2,1-3H3. The molecule has 3 heterocycles. The van der Waals surface area contributed by atoms with E-state index in [9.17, 15) is 13.6 Å². The van der Waals surface area contributed by atoms with Gasteiger partial charge < -0.3 is 13.8 Å². The van der Waals surface area contributed by atoms with Crippen LogP contribution in [0.5, 0.6) is 0 Å². The maximum atomic E-state index is 13.7. The van der Waals surface area contributed by atoms with Gasteiger partial charge in [0.25, 0.3) is 0 Å². The van der Waals surface area contributed by atoms with Crippen LogP contribution in [0.2, 0.25) is 0 Å². The fourth-order valence-corrected chi connectivity index (χ4v) is 5.05. The van der Waals surface area contributed by atoms with Crippen molar-refractivity contribution in [3.63, 3.8) is 0 Å². The lowest BCUT2D eigenvalue weighted by atomic mass is 9.83. The highest BCUT2D eigenvalue weighted by Crippen LogP contribution is 2.39. The predicted molar refractivity (Wildman–Crippen MR) is 128 cm³/mol. The highest BCUT2D eigenvalue weighted by molar-refractivity contribution is 5.90. The van der Waals surface area contributed by atoms with Crippen molar-refractivity contribution in [1.29, 1.82) is 0 Å². The molecule has 0 amide bonds. The van der Waals surface area contributed by atoms with E-state index in [0.717, 1.165) is 44.9 Å². The minimum atomic E-state index is -2.55. The van der Waals surface area contributed by atoms with E-state index in [1.165, 1.54) is 7.11 Å². The smallest absolute Gasteiger partial charge is 0.337 e. The lowest BCUT2D eigenvalue weighted by molar-refractivity contribution is -0.0456. The van der Waals surface area contributed by atoms with Gasteiger partial charge in [0, 0.05) is 47.4 Å². The van der Waals surface area contributed by atoms with Gasteiger partial charge in [-0.1, -0.05) is 5.16 Å².